The molecule has 2 aromatic heterocycles. The average molecular weight is 422 g/mol. The summed E-state index contributed by atoms with van der Waals surface area (Å²) in [6, 6.07) is 9.90. The van der Waals surface area contributed by atoms with Gasteiger partial charge in [-0.05, 0) is 57.0 Å². The van der Waals surface area contributed by atoms with E-state index in [1.165, 1.54) is 30.9 Å². The first kappa shape index (κ1) is 21.0. The zero-order valence-corrected chi connectivity index (χ0v) is 18.1. The van der Waals surface area contributed by atoms with Crippen molar-refractivity contribution in [2.45, 2.75) is 45.7 Å². The fraction of sp³-hybridized carbons (Fsp3) is 0.391. The SMILES string of the molecule is Cc1cc(C(=O)Nc2cccc(CN3CCCC[C@@H]3C)c2)c2c(=O)[nH]c(=O)n(C)c2n1. The Labute approximate surface area is 179 Å². The molecule has 8 heteroatoms. The number of hydrogen-bond donors (Lipinski definition) is 2. The lowest BCUT2D eigenvalue weighted by molar-refractivity contribution is 0.102. The van der Waals surface area contributed by atoms with Crippen LogP contribution >= 0.6 is 0 Å². The molecule has 3 heterocycles. The number of nitrogens with zero attached hydrogens (tertiary/aromatic N) is 3. The molecule has 1 fully saturated rings. The van der Waals surface area contributed by atoms with Gasteiger partial charge in [-0.1, -0.05) is 18.6 Å². The van der Waals surface area contributed by atoms with E-state index in [0.29, 0.717) is 17.4 Å². The van der Waals surface area contributed by atoms with Gasteiger partial charge in [0.05, 0.1) is 10.9 Å². The van der Waals surface area contributed by atoms with E-state index in [9.17, 15) is 14.4 Å². The van der Waals surface area contributed by atoms with E-state index < -0.39 is 17.2 Å². The highest BCUT2D eigenvalue weighted by Gasteiger charge is 2.20. The Morgan fingerprint density at radius 1 is 1.26 bits per heavy atom. The van der Waals surface area contributed by atoms with E-state index >= 15 is 0 Å². The van der Waals surface area contributed by atoms with Crippen LogP contribution in [0, 0.1) is 6.92 Å². The number of amides is 1. The second-order valence-electron chi connectivity index (χ2n) is 8.30. The average Bonchev–Trinajstić information content (AvgIpc) is 2.73. The summed E-state index contributed by atoms with van der Waals surface area (Å²) in [6.45, 7) is 5.90. The van der Waals surface area contributed by atoms with E-state index in [0.717, 1.165) is 18.7 Å². The van der Waals surface area contributed by atoms with Crippen LogP contribution in [0.25, 0.3) is 11.0 Å². The zero-order chi connectivity index (χ0) is 22.1. The Balaban J connectivity index is 1.63. The number of fused-ring (bicyclic) bond motifs is 1. The van der Waals surface area contributed by atoms with Crippen LogP contribution in [0.5, 0.6) is 0 Å². The molecule has 1 atom stereocenters. The number of anilines is 1. The summed E-state index contributed by atoms with van der Waals surface area (Å²) in [5, 5.41) is 3.00. The number of aromatic amines is 1. The molecule has 0 spiro atoms. The molecule has 3 aromatic rings. The van der Waals surface area contributed by atoms with Crippen LogP contribution < -0.4 is 16.6 Å². The van der Waals surface area contributed by atoms with Gasteiger partial charge in [-0.25, -0.2) is 9.78 Å². The van der Waals surface area contributed by atoms with Crippen molar-refractivity contribution in [1.82, 2.24) is 19.4 Å². The lowest BCUT2D eigenvalue weighted by Crippen LogP contribution is -2.36. The maximum absolute atomic E-state index is 13.1. The number of aryl methyl sites for hydroxylation is 2. The summed E-state index contributed by atoms with van der Waals surface area (Å²) >= 11 is 0. The van der Waals surface area contributed by atoms with Crippen LogP contribution in [-0.2, 0) is 13.6 Å². The number of H-pyrrole nitrogens is 1. The maximum atomic E-state index is 13.1. The van der Waals surface area contributed by atoms with E-state index in [4.69, 9.17) is 0 Å². The summed E-state index contributed by atoms with van der Waals surface area (Å²) in [6.07, 6.45) is 3.70. The highest BCUT2D eigenvalue weighted by Crippen LogP contribution is 2.21. The number of benzene rings is 1. The topological polar surface area (TPSA) is 100 Å². The summed E-state index contributed by atoms with van der Waals surface area (Å²) in [4.78, 5) is 46.5. The molecule has 0 aliphatic carbocycles. The monoisotopic (exact) mass is 421 g/mol. The number of rotatable bonds is 4. The number of aromatic nitrogens is 3. The van der Waals surface area contributed by atoms with Gasteiger partial charge in [0.2, 0.25) is 0 Å². The molecule has 1 saturated heterocycles. The van der Waals surface area contributed by atoms with Crippen LogP contribution in [0.2, 0.25) is 0 Å². The molecule has 8 nitrogen and oxygen atoms in total. The molecule has 1 aromatic carbocycles. The Kier molecular flexibility index (Phi) is 5.73. The second kappa shape index (κ2) is 8.47. The van der Waals surface area contributed by atoms with Gasteiger partial charge in [-0.3, -0.25) is 24.0 Å². The fourth-order valence-electron chi connectivity index (χ4n) is 4.21. The number of nitrogens with one attached hydrogen (secondary N) is 2. The standard InChI is InChI=1S/C23H27N5O3/c1-14-11-18(19-20(24-14)27(3)23(31)26-22(19)30)21(29)25-17-9-6-8-16(12-17)13-28-10-5-4-7-15(28)2/h6,8-9,11-12,15H,4-5,7,10,13H2,1-3H3,(H,25,29)(H,26,30,31)/t15-/m0/s1. The number of hydrogen-bond acceptors (Lipinski definition) is 5. The number of carbonyl (C=O) groups is 1. The summed E-state index contributed by atoms with van der Waals surface area (Å²) in [5.74, 6) is -0.414. The number of carbonyl (C=O) groups excluding carboxylic acids is 1. The molecule has 0 unspecified atom stereocenters. The normalized spacial score (nSPS) is 17.1. The molecule has 1 amide bonds. The number of piperidine rings is 1. The zero-order valence-electron chi connectivity index (χ0n) is 18.1. The highest BCUT2D eigenvalue weighted by atomic mass is 16.2. The van der Waals surface area contributed by atoms with Crippen molar-refractivity contribution in [3.63, 3.8) is 0 Å². The highest BCUT2D eigenvalue weighted by molar-refractivity contribution is 6.11. The Hall–Kier alpha value is -3.26. The van der Waals surface area contributed by atoms with Gasteiger partial charge in [-0.15, -0.1) is 0 Å². The molecule has 0 bridgehead atoms. The molecule has 2 N–H and O–H groups in total. The minimum absolute atomic E-state index is 0.100. The van der Waals surface area contributed by atoms with Crippen LogP contribution in [0.1, 0.15) is 47.8 Å². The fourth-order valence-corrected chi connectivity index (χ4v) is 4.21. The third-order valence-corrected chi connectivity index (χ3v) is 5.95. The van der Waals surface area contributed by atoms with Crippen LogP contribution in [0.4, 0.5) is 5.69 Å². The van der Waals surface area contributed by atoms with Gasteiger partial charge in [0.1, 0.15) is 5.65 Å². The van der Waals surface area contributed by atoms with Crippen molar-refractivity contribution in [1.29, 1.82) is 0 Å². The van der Waals surface area contributed by atoms with Crippen molar-refractivity contribution in [3.05, 3.63) is 68.0 Å². The molecule has 0 radical (unpaired) electrons. The first-order valence-electron chi connectivity index (χ1n) is 10.6. The predicted octanol–water partition coefficient (Wildman–Crippen LogP) is 2.56. The maximum Gasteiger partial charge on any atom is 0.329 e. The van der Waals surface area contributed by atoms with E-state index in [2.05, 4.69) is 33.2 Å². The largest absolute Gasteiger partial charge is 0.329 e. The van der Waals surface area contributed by atoms with Crippen molar-refractivity contribution >= 4 is 22.6 Å². The molecule has 162 valence electrons. The van der Waals surface area contributed by atoms with Gasteiger partial charge in [0.15, 0.2) is 0 Å². The lowest BCUT2D eigenvalue weighted by atomic mass is 10.0. The Bertz CT molecular complexity index is 1260. The number of pyridine rings is 1. The first-order valence-corrected chi connectivity index (χ1v) is 10.6. The van der Waals surface area contributed by atoms with Gasteiger partial charge in [0.25, 0.3) is 11.5 Å². The van der Waals surface area contributed by atoms with Crippen LogP contribution in [-0.4, -0.2) is 37.9 Å². The molecular weight excluding hydrogens is 394 g/mol. The molecule has 1 aliphatic rings. The van der Waals surface area contributed by atoms with Crippen LogP contribution in [0.3, 0.4) is 0 Å². The number of likely N-dealkylation sites (tertiary alicyclic amines) is 1. The van der Waals surface area contributed by atoms with Crippen molar-refractivity contribution in [3.8, 4) is 0 Å². The molecule has 31 heavy (non-hydrogen) atoms. The van der Waals surface area contributed by atoms with E-state index in [1.807, 2.05) is 18.2 Å². The smallest absolute Gasteiger partial charge is 0.322 e. The Morgan fingerprint density at radius 3 is 2.84 bits per heavy atom. The van der Waals surface area contributed by atoms with Crippen molar-refractivity contribution < 1.29 is 4.79 Å². The minimum Gasteiger partial charge on any atom is -0.322 e. The third kappa shape index (κ3) is 4.29. The Morgan fingerprint density at radius 2 is 2.06 bits per heavy atom. The van der Waals surface area contributed by atoms with E-state index in [-0.39, 0.29) is 16.6 Å². The van der Waals surface area contributed by atoms with Crippen LogP contribution in [0.15, 0.2) is 39.9 Å². The van der Waals surface area contributed by atoms with Crippen molar-refractivity contribution in [2.24, 2.45) is 7.05 Å². The summed E-state index contributed by atoms with van der Waals surface area (Å²) < 4.78 is 1.24. The molecule has 0 saturated carbocycles. The van der Waals surface area contributed by atoms with Crippen molar-refractivity contribution in [2.75, 3.05) is 11.9 Å². The molecule has 1 aliphatic heterocycles. The van der Waals surface area contributed by atoms with Gasteiger partial charge in [0, 0.05) is 31.0 Å². The lowest BCUT2D eigenvalue weighted by Gasteiger charge is -2.33. The third-order valence-electron chi connectivity index (χ3n) is 5.95. The molecular formula is C23H27N5O3. The van der Waals surface area contributed by atoms with E-state index in [1.54, 1.807) is 13.0 Å². The quantitative estimate of drug-likeness (QED) is 0.674. The summed E-state index contributed by atoms with van der Waals surface area (Å²) in [5.41, 5.74) is 1.52. The first-order chi connectivity index (χ1) is 14.8. The predicted molar refractivity (Wildman–Crippen MR) is 120 cm³/mol. The minimum atomic E-state index is -0.622. The second-order valence-corrected chi connectivity index (χ2v) is 8.30. The molecule has 4 rings (SSSR count). The summed E-state index contributed by atoms with van der Waals surface area (Å²) in [7, 11) is 1.51. The van der Waals surface area contributed by atoms with Gasteiger partial charge in [-0.2, -0.15) is 0 Å². The van der Waals surface area contributed by atoms with Gasteiger partial charge >= 0.3 is 5.69 Å². The van der Waals surface area contributed by atoms with Gasteiger partial charge < -0.3 is 5.32 Å².